The molecule has 0 aliphatic rings. The van der Waals surface area contributed by atoms with E-state index in [0.717, 1.165) is 18.2 Å². The van der Waals surface area contributed by atoms with E-state index < -0.39 is 26.8 Å². The minimum Gasteiger partial charge on any atom is -0.478 e. The van der Waals surface area contributed by atoms with Crippen LogP contribution in [-0.4, -0.2) is 42.3 Å². The Balaban J connectivity index is 2.96. The van der Waals surface area contributed by atoms with E-state index in [1.807, 2.05) is 0 Å². The minimum absolute atomic E-state index is 0.0163. The first-order valence-corrected chi connectivity index (χ1v) is 8.65. The normalized spacial score (nSPS) is 13.2. The predicted molar refractivity (Wildman–Crippen MR) is 72.5 cm³/mol. The highest BCUT2D eigenvalue weighted by molar-refractivity contribution is 7.89. The number of sulfonamides is 1. The lowest BCUT2D eigenvalue weighted by Gasteiger charge is -2.08. The second-order valence-electron chi connectivity index (χ2n) is 3.63. The molecule has 0 spiro atoms. The van der Waals surface area contributed by atoms with Gasteiger partial charge in [-0.05, 0) is 18.2 Å². The summed E-state index contributed by atoms with van der Waals surface area (Å²) in [6.07, 6.45) is 1.46. The molecule has 1 unspecified atom stereocenters. The zero-order valence-corrected chi connectivity index (χ0v) is 12.3. The fourth-order valence-electron chi connectivity index (χ4n) is 1.25. The van der Waals surface area contributed by atoms with Crippen molar-refractivity contribution in [1.29, 1.82) is 0 Å². The quantitative estimate of drug-likeness (QED) is 0.801. The van der Waals surface area contributed by atoms with Gasteiger partial charge in [0.15, 0.2) is 0 Å². The van der Waals surface area contributed by atoms with Gasteiger partial charge in [0.2, 0.25) is 10.0 Å². The van der Waals surface area contributed by atoms with Crippen molar-refractivity contribution in [2.24, 2.45) is 0 Å². The van der Waals surface area contributed by atoms with Crippen LogP contribution in [0.5, 0.6) is 0 Å². The number of halogens is 1. The Bertz CT molecular complexity index is 614. The summed E-state index contributed by atoms with van der Waals surface area (Å²) >= 11 is 5.76. The van der Waals surface area contributed by atoms with Crippen LogP contribution in [0.2, 0.25) is 5.02 Å². The van der Waals surface area contributed by atoms with Crippen LogP contribution in [0.3, 0.4) is 0 Å². The highest BCUT2D eigenvalue weighted by Crippen LogP contribution is 2.22. The lowest BCUT2D eigenvalue weighted by Crippen LogP contribution is -2.28. The molecule has 1 rings (SSSR count). The van der Waals surface area contributed by atoms with Crippen LogP contribution in [0, 0.1) is 0 Å². The number of hydrogen-bond donors (Lipinski definition) is 2. The zero-order valence-electron chi connectivity index (χ0n) is 9.92. The molecule has 6 nitrogen and oxygen atoms in total. The van der Waals surface area contributed by atoms with Crippen LogP contribution in [0.1, 0.15) is 10.4 Å². The molecule has 0 bridgehead atoms. The maximum absolute atomic E-state index is 11.9. The average molecular weight is 326 g/mol. The molecule has 0 aliphatic carbocycles. The summed E-state index contributed by atoms with van der Waals surface area (Å²) in [6.45, 7) is 0.0163. The molecule has 1 atom stereocenters. The Labute approximate surface area is 118 Å². The molecule has 106 valence electrons. The Morgan fingerprint density at radius 3 is 2.58 bits per heavy atom. The predicted octanol–water partition coefficient (Wildman–Crippen LogP) is 0.695. The third-order valence-corrected chi connectivity index (χ3v) is 4.87. The van der Waals surface area contributed by atoms with Gasteiger partial charge in [0, 0.05) is 29.4 Å². The molecule has 1 aromatic rings. The van der Waals surface area contributed by atoms with Crippen LogP contribution in [0.15, 0.2) is 23.1 Å². The van der Waals surface area contributed by atoms with Crippen molar-refractivity contribution < 1.29 is 22.5 Å². The first kappa shape index (κ1) is 16.1. The Morgan fingerprint density at radius 1 is 1.47 bits per heavy atom. The number of benzene rings is 1. The smallest absolute Gasteiger partial charge is 0.335 e. The molecular formula is C10H12ClNO5S2. The number of aromatic carboxylic acids is 1. The molecule has 1 aromatic carbocycles. The van der Waals surface area contributed by atoms with E-state index in [2.05, 4.69) is 4.72 Å². The topological polar surface area (TPSA) is 101 Å². The number of carboxylic acids is 1. The molecule has 0 saturated heterocycles. The summed E-state index contributed by atoms with van der Waals surface area (Å²) in [5, 5.41) is 8.57. The summed E-state index contributed by atoms with van der Waals surface area (Å²) in [7, 11) is -4.95. The van der Waals surface area contributed by atoms with Crippen molar-refractivity contribution in [1.82, 2.24) is 4.72 Å². The fraction of sp³-hybridized carbons (Fsp3) is 0.300. The summed E-state index contributed by atoms with van der Waals surface area (Å²) in [5.74, 6) is -1.01. The fourth-order valence-corrected chi connectivity index (χ4v) is 3.34. The molecule has 0 heterocycles. The van der Waals surface area contributed by atoms with Crippen molar-refractivity contribution in [2.45, 2.75) is 4.90 Å². The van der Waals surface area contributed by atoms with Gasteiger partial charge in [0.25, 0.3) is 0 Å². The standard InChI is InChI=1S/C10H12ClNO5S2/c1-18(15)5-4-12-19(16,17)9-3-2-7(10(13)14)6-8(9)11/h2-3,6,12H,4-5H2,1H3,(H,13,14). The number of carbonyl (C=O) groups is 1. The lowest BCUT2D eigenvalue weighted by molar-refractivity contribution is 0.0696. The van der Waals surface area contributed by atoms with Gasteiger partial charge in [-0.2, -0.15) is 0 Å². The molecule has 0 aliphatic heterocycles. The number of hydrogen-bond acceptors (Lipinski definition) is 4. The highest BCUT2D eigenvalue weighted by atomic mass is 35.5. The van der Waals surface area contributed by atoms with E-state index >= 15 is 0 Å². The van der Waals surface area contributed by atoms with Crippen molar-refractivity contribution in [3.8, 4) is 0 Å². The third-order valence-electron chi connectivity index (χ3n) is 2.15. The Kier molecular flexibility index (Phi) is 5.48. The van der Waals surface area contributed by atoms with Crippen LogP contribution in [0.25, 0.3) is 0 Å². The monoisotopic (exact) mass is 325 g/mol. The number of rotatable bonds is 6. The third kappa shape index (κ3) is 4.57. The first-order chi connectivity index (χ1) is 8.74. The maximum atomic E-state index is 11.9. The van der Waals surface area contributed by atoms with Crippen LogP contribution in [0.4, 0.5) is 0 Å². The van der Waals surface area contributed by atoms with Crippen LogP contribution < -0.4 is 4.72 Å². The molecule has 0 fully saturated rings. The van der Waals surface area contributed by atoms with E-state index in [-0.39, 0.29) is 27.8 Å². The molecule has 19 heavy (non-hydrogen) atoms. The van der Waals surface area contributed by atoms with Gasteiger partial charge in [-0.1, -0.05) is 11.6 Å². The van der Waals surface area contributed by atoms with E-state index in [4.69, 9.17) is 16.7 Å². The van der Waals surface area contributed by atoms with E-state index in [1.54, 1.807) is 0 Å². The lowest BCUT2D eigenvalue weighted by atomic mass is 10.2. The summed E-state index contributed by atoms with van der Waals surface area (Å²) < 4.78 is 36.8. The summed E-state index contributed by atoms with van der Waals surface area (Å²) in [6, 6.07) is 3.34. The summed E-state index contributed by atoms with van der Waals surface area (Å²) in [4.78, 5) is 10.5. The van der Waals surface area contributed by atoms with Crippen molar-refractivity contribution in [2.75, 3.05) is 18.6 Å². The molecule has 0 aromatic heterocycles. The average Bonchev–Trinajstić information content (AvgIpc) is 2.27. The maximum Gasteiger partial charge on any atom is 0.335 e. The highest BCUT2D eigenvalue weighted by Gasteiger charge is 2.18. The van der Waals surface area contributed by atoms with Gasteiger partial charge in [-0.3, -0.25) is 4.21 Å². The van der Waals surface area contributed by atoms with Crippen molar-refractivity contribution in [3.05, 3.63) is 28.8 Å². The van der Waals surface area contributed by atoms with Gasteiger partial charge in [0.1, 0.15) is 4.90 Å². The number of carboxylic acid groups (broad SMARTS) is 1. The molecule has 9 heteroatoms. The minimum atomic E-state index is -3.84. The first-order valence-electron chi connectivity index (χ1n) is 5.06. The summed E-state index contributed by atoms with van der Waals surface area (Å²) in [5.41, 5.74) is -0.0985. The molecular weight excluding hydrogens is 314 g/mol. The van der Waals surface area contributed by atoms with Gasteiger partial charge in [0.05, 0.1) is 10.6 Å². The SMILES string of the molecule is CS(=O)CCNS(=O)(=O)c1ccc(C(=O)O)cc1Cl. The molecule has 2 N–H and O–H groups in total. The second kappa shape index (κ2) is 6.47. The van der Waals surface area contributed by atoms with E-state index in [9.17, 15) is 17.4 Å². The van der Waals surface area contributed by atoms with Gasteiger partial charge in [-0.25, -0.2) is 17.9 Å². The van der Waals surface area contributed by atoms with Crippen LogP contribution >= 0.6 is 11.6 Å². The van der Waals surface area contributed by atoms with Crippen LogP contribution in [-0.2, 0) is 20.8 Å². The molecule has 0 saturated carbocycles. The second-order valence-corrected chi connectivity index (χ2v) is 7.32. The van der Waals surface area contributed by atoms with Crippen molar-refractivity contribution in [3.63, 3.8) is 0 Å². The molecule has 0 radical (unpaired) electrons. The van der Waals surface area contributed by atoms with E-state index in [1.165, 1.54) is 6.26 Å². The van der Waals surface area contributed by atoms with E-state index in [0.29, 0.717) is 0 Å². The zero-order chi connectivity index (χ0) is 14.6. The van der Waals surface area contributed by atoms with Gasteiger partial charge >= 0.3 is 5.97 Å². The Hall–Kier alpha value is -0.960. The Morgan fingerprint density at radius 2 is 2.11 bits per heavy atom. The van der Waals surface area contributed by atoms with Gasteiger partial charge < -0.3 is 5.11 Å². The largest absolute Gasteiger partial charge is 0.478 e. The molecule has 0 amide bonds. The van der Waals surface area contributed by atoms with Crippen molar-refractivity contribution >= 4 is 38.4 Å². The van der Waals surface area contributed by atoms with Gasteiger partial charge in [-0.15, -0.1) is 0 Å². The number of nitrogens with one attached hydrogen (secondary N) is 1.